The summed E-state index contributed by atoms with van der Waals surface area (Å²) in [6, 6.07) is 13.8. The van der Waals surface area contributed by atoms with E-state index in [0.717, 1.165) is 10.4 Å². The van der Waals surface area contributed by atoms with Gasteiger partial charge in [0.05, 0.1) is 4.88 Å². The highest BCUT2D eigenvalue weighted by atomic mass is 32.1. The van der Waals surface area contributed by atoms with Crippen molar-refractivity contribution in [2.24, 2.45) is 0 Å². The second kappa shape index (κ2) is 5.73. The first-order valence-electron chi connectivity index (χ1n) is 6.33. The molecule has 0 radical (unpaired) electrons. The van der Waals surface area contributed by atoms with Gasteiger partial charge in [-0.15, -0.1) is 11.3 Å². The Morgan fingerprint density at radius 2 is 2.10 bits per heavy atom. The van der Waals surface area contributed by atoms with E-state index in [4.69, 9.17) is 4.52 Å². The summed E-state index contributed by atoms with van der Waals surface area (Å²) in [5.41, 5.74) is 2.45. The highest BCUT2D eigenvalue weighted by Gasteiger charge is 2.13. The van der Waals surface area contributed by atoms with Gasteiger partial charge >= 0.3 is 0 Å². The number of thiophene rings is 1. The molecule has 1 aromatic carbocycles. The quantitative estimate of drug-likeness (QED) is 0.680. The summed E-state index contributed by atoms with van der Waals surface area (Å²) < 4.78 is 5.19. The van der Waals surface area contributed by atoms with Gasteiger partial charge in [0.1, 0.15) is 11.6 Å². The highest BCUT2D eigenvalue weighted by molar-refractivity contribution is 7.13. The smallest absolute Gasteiger partial charge is 0.268 e. The van der Waals surface area contributed by atoms with Crippen LogP contribution in [0, 0.1) is 18.3 Å². The van der Waals surface area contributed by atoms with Crippen molar-refractivity contribution in [2.45, 2.75) is 6.92 Å². The van der Waals surface area contributed by atoms with Crippen LogP contribution in [0.15, 0.2) is 46.3 Å². The molecule has 0 fully saturated rings. The fraction of sp³-hybridized carbons (Fsp3) is 0.0625. The van der Waals surface area contributed by atoms with Gasteiger partial charge in [0.15, 0.2) is 0 Å². The number of hydrogen-bond acceptors (Lipinski definition) is 5. The van der Waals surface area contributed by atoms with E-state index in [1.165, 1.54) is 16.9 Å². The number of rotatable bonds is 3. The van der Waals surface area contributed by atoms with Crippen LogP contribution in [0.4, 0.5) is 0 Å². The largest absolute Gasteiger partial charge is 0.333 e. The molecule has 2 aromatic heterocycles. The molecule has 0 saturated heterocycles. The summed E-state index contributed by atoms with van der Waals surface area (Å²) in [5, 5.41) is 15.2. The Balaban J connectivity index is 1.94. The predicted octanol–water partition coefficient (Wildman–Crippen LogP) is 4.17. The van der Waals surface area contributed by atoms with Crippen molar-refractivity contribution in [3.8, 4) is 16.8 Å². The molecule has 4 nitrogen and oxygen atoms in total. The highest BCUT2D eigenvalue weighted by Crippen LogP contribution is 2.24. The molecular weight excluding hydrogens is 282 g/mol. The van der Waals surface area contributed by atoms with Crippen molar-refractivity contribution >= 4 is 23.0 Å². The molecule has 102 valence electrons. The number of nitriles is 1. The molecule has 0 unspecified atom stereocenters. The van der Waals surface area contributed by atoms with E-state index in [0.29, 0.717) is 11.4 Å². The van der Waals surface area contributed by atoms with Gasteiger partial charge in [0.2, 0.25) is 5.82 Å². The fourth-order valence-corrected chi connectivity index (χ4v) is 2.46. The van der Waals surface area contributed by atoms with Crippen LogP contribution < -0.4 is 0 Å². The summed E-state index contributed by atoms with van der Waals surface area (Å²) in [6.45, 7) is 2.02. The number of allylic oxidation sites excluding steroid dienone is 1. The van der Waals surface area contributed by atoms with Gasteiger partial charge in [-0.25, -0.2) is 0 Å². The molecule has 21 heavy (non-hydrogen) atoms. The second-order valence-corrected chi connectivity index (χ2v) is 5.43. The Kier molecular flexibility index (Phi) is 3.63. The van der Waals surface area contributed by atoms with E-state index in [-0.39, 0.29) is 5.89 Å². The van der Waals surface area contributed by atoms with Crippen LogP contribution in [0.1, 0.15) is 17.0 Å². The molecule has 0 spiro atoms. The van der Waals surface area contributed by atoms with E-state index in [2.05, 4.69) is 16.2 Å². The number of nitrogens with zero attached hydrogens (tertiary/aromatic N) is 3. The summed E-state index contributed by atoms with van der Waals surface area (Å²) in [4.78, 5) is 5.19. The number of hydrogen-bond donors (Lipinski definition) is 0. The first kappa shape index (κ1) is 13.3. The molecule has 0 bridgehead atoms. The van der Waals surface area contributed by atoms with Gasteiger partial charge < -0.3 is 4.52 Å². The van der Waals surface area contributed by atoms with E-state index in [9.17, 15) is 5.26 Å². The van der Waals surface area contributed by atoms with Crippen LogP contribution in [-0.2, 0) is 0 Å². The van der Waals surface area contributed by atoms with Gasteiger partial charge in [-0.2, -0.15) is 10.2 Å². The summed E-state index contributed by atoms with van der Waals surface area (Å²) >= 11 is 1.53. The maximum Gasteiger partial charge on any atom is 0.268 e. The third-order valence-electron chi connectivity index (χ3n) is 2.91. The van der Waals surface area contributed by atoms with E-state index in [1.54, 1.807) is 6.08 Å². The van der Waals surface area contributed by atoms with Crippen LogP contribution >= 0.6 is 11.3 Å². The monoisotopic (exact) mass is 293 g/mol. The Bertz CT molecular complexity index is 808. The topological polar surface area (TPSA) is 62.7 Å². The molecule has 0 aliphatic rings. The summed E-state index contributed by atoms with van der Waals surface area (Å²) in [6.07, 6.45) is 1.74. The van der Waals surface area contributed by atoms with Crippen molar-refractivity contribution in [3.63, 3.8) is 0 Å². The molecule has 0 amide bonds. The third kappa shape index (κ3) is 2.91. The predicted molar refractivity (Wildman–Crippen MR) is 82.3 cm³/mol. The molecule has 5 heteroatoms. The molecule has 3 rings (SSSR count). The van der Waals surface area contributed by atoms with Crippen molar-refractivity contribution in [2.75, 3.05) is 0 Å². The normalized spacial score (nSPS) is 11.3. The fourth-order valence-electron chi connectivity index (χ4n) is 1.81. The third-order valence-corrected chi connectivity index (χ3v) is 3.77. The minimum atomic E-state index is 0.237. The lowest BCUT2D eigenvalue weighted by atomic mass is 10.1. The van der Waals surface area contributed by atoms with Crippen molar-refractivity contribution in [1.29, 1.82) is 5.26 Å². The Morgan fingerprint density at radius 1 is 1.29 bits per heavy atom. The van der Waals surface area contributed by atoms with Gasteiger partial charge in [-0.05, 0) is 30.0 Å². The maximum absolute atomic E-state index is 9.29. The van der Waals surface area contributed by atoms with Crippen LogP contribution in [0.5, 0.6) is 0 Å². The van der Waals surface area contributed by atoms with E-state index >= 15 is 0 Å². The lowest BCUT2D eigenvalue weighted by Crippen LogP contribution is -1.83. The van der Waals surface area contributed by atoms with Crippen LogP contribution in [0.3, 0.4) is 0 Å². The minimum absolute atomic E-state index is 0.237. The molecule has 0 saturated carbocycles. The zero-order valence-electron chi connectivity index (χ0n) is 11.3. The molecular formula is C16H11N3OS. The Labute approximate surface area is 126 Å². The van der Waals surface area contributed by atoms with Gasteiger partial charge in [0, 0.05) is 0 Å². The maximum atomic E-state index is 9.29. The Morgan fingerprint density at radius 3 is 2.76 bits per heavy atom. The van der Waals surface area contributed by atoms with Crippen molar-refractivity contribution < 1.29 is 4.52 Å². The lowest BCUT2D eigenvalue weighted by molar-refractivity contribution is 0.409. The molecule has 3 aromatic rings. The summed E-state index contributed by atoms with van der Waals surface area (Å²) in [7, 11) is 0. The standard InChI is InChI=1S/C16H11N3OS/c1-11-4-6-12(7-5-11)9-13(10-17)16-18-15(19-20-16)14-3-2-8-21-14/h2-9H,1H3/b13-9+. The molecule has 0 N–H and O–H groups in total. The SMILES string of the molecule is Cc1ccc(/C=C(\C#N)c2nc(-c3cccs3)no2)cc1. The van der Waals surface area contributed by atoms with Crippen molar-refractivity contribution in [3.05, 3.63) is 58.8 Å². The zero-order chi connectivity index (χ0) is 14.7. The minimum Gasteiger partial charge on any atom is -0.333 e. The molecule has 0 aliphatic heterocycles. The van der Waals surface area contributed by atoms with Crippen LogP contribution in [-0.4, -0.2) is 10.1 Å². The van der Waals surface area contributed by atoms with Gasteiger partial charge in [-0.3, -0.25) is 0 Å². The molecule has 2 heterocycles. The van der Waals surface area contributed by atoms with E-state index in [1.807, 2.05) is 48.7 Å². The molecule has 0 aliphatic carbocycles. The van der Waals surface area contributed by atoms with Crippen LogP contribution in [0.25, 0.3) is 22.4 Å². The van der Waals surface area contributed by atoms with Crippen LogP contribution in [0.2, 0.25) is 0 Å². The second-order valence-electron chi connectivity index (χ2n) is 4.48. The van der Waals surface area contributed by atoms with E-state index < -0.39 is 0 Å². The summed E-state index contributed by atoms with van der Waals surface area (Å²) in [5.74, 6) is 0.742. The first-order chi connectivity index (χ1) is 10.3. The number of aryl methyl sites for hydroxylation is 1. The van der Waals surface area contributed by atoms with Gasteiger partial charge in [-0.1, -0.05) is 41.1 Å². The lowest BCUT2D eigenvalue weighted by Gasteiger charge is -1.95. The first-order valence-corrected chi connectivity index (χ1v) is 7.20. The number of aromatic nitrogens is 2. The number of benzene rings is 1. The zero-order valence-corrected chi connectivity index (χ0v) is 12.1. The van der Waals surface area contributed by atoms with Gasteiger partial charge in [0.25, 0.3) is 5.89 Å². The van der Waals surface area contributed by atoms with Crippen molar-refractivity contribution in [1.82, 2.24) is 10.1 Å². The Hall–Kier alpha value is -2.71. The average molecular weight is 293 g/mol. The average Bonchev–Trinajstić information content (AvgIpc) is 3.17. The molecule has 0 atom stereocenters.